The average Bonchev–Trinajstić information content (AvgIpc) is 2.16. The molecule has 0 spiro atoms. The van der Waals surface area contributed by atoms with Crippen LogP contribution in [-0.2, 0) is 0 Å². The molecule has 0 N–H and O–H groups in total. The van der Waals surface area contributed by atoms with E-state index in [4.69, 9.17) is 4.74 Å². The van der Waals surface area contributed by atoms with Crippen molar-refractivity contribution in [2.45, 2.75) is 13.8 Å². The van der Waals surface area contributed by atoms with Gasteiger partial charge in [-0.15, -0.1) is 0 Å². The van der Waals surface area contributed by atoms with E-state index in [2.05, 4.69) is 0 Å². The van der Waals surface area contributed by atoms with Crippen LogP contribution in [0.25, 0.3) is 0 Å². The molecular formula is C10H12NO3. The molecule has 4 heteroatoms. The number of para-hydroxylation sites is 1. The van der Waals surface area contributed by atoms with Crippen molar-refractivity contribution < 1.29 is 9.66 Å². The average molecular weight is 194 g/mol. The van der Waals surface area contributed by atoms with E-state index in [0.29, 0.717) is 11.3 Å². The van der Waals surface area contributed by atoms with Crippen LogP contribution in [0.5, 0.6) is 5.75 Å². The number of benzene rings is 1. The van der Waals surface area contributed by atoms with E-state index in [1.807, 2.05) is 13.8 Å². The van der Waals surface area contributed by atoms with Crippen molar-refractivity contribution >= 4 is 5.69 Å². The van der Waals surface area contributed by atoms with Crippen molar-refractivity contribution in [1.29, 1.82) is 0 Å². The van der Waals surface area contributed by atoms with Gasteiger partial charge in [0.15, 0.2) is 5.75 Å². The third kappa shape index (κ3) is 1.84. The van der Waals surface area contributed by atoms with E-state index in [0.717, 1.165) is 5.92 Å². The molecule has 0 aliphatic heterocycles. The number of rotatable bonds is 3. The second-order valence-electron chi connectivity index (χ2n) is 3.11. The molecule has 0 aromatic heterocycles. The Morgan fingerprint density at radius 1 is 1.43 bits per heavy atom. The Hall–Kier alpha value is -1.58. The molecule has 0 bridgehead atoms. The Kier molecular flexibility index (Phi) is 3.06. The molecule has 0 aliphatic rings. The molecule has 1 rings (SSSR count). The van der Waals surface area contributed by atoms with Crippen molar-refractivity contribution in [2.24, 2.45) is 0 Å². The van der Waals surface area contributed by atoms with E-state index in [1.54, 1.807) is 18.2 Å². The Labute approximate surface area is 82.7 Å². The molecule has 0 unspecified atom stereocenters. The van der Waals surface area contributed by atoms with Crippen LogP contribution in [0.2, 0.25) is 0 Å². The van der Waals surface area contributed by atoms with Crippen LogP contribution in [0.3, 0.4) is 0 Å². The number of hydrogen-bond donors (Lipinski definition) is 0. The standard InChI is InChI=1S/C10H12NO3/c1-7(2)8-5-4-6-9(14-3)10(8)11(12)13/h4-6H,1-3H3. The molecule has 0 saturated heterocycles. The summed E-state index contributed by atoms with van der Waals surface area (Å²) in [4.78, 5) is 10.4. The molecule has 0 amide bonds. The molecule has 0 saturated carbocycles. The molecule has 0 fully saturated rings. The third-order valence-electron chi connectivity index (χ3n) is 1.94. The Bertz CT molecular complexity index is 347. The molecule has 75 valence electrons. The maximum absolute atomic E-state index is 10.8. The van der Waals surface area contributed by atoms with Gasteiger partial charge in [-0.05, 0) is 6.07 Å². The lowest BCUT2D eigenvalue weighted by molar-refractivity contribution is -0.386. The predicted octanol–water partition coefficient (Wildman–Crippen LogP) is 2.57. The minimum absolute atomic E-state index is 0.0370. The van der Waals surface area contributed by atoms with E-state index in [1.165, 1.54) is 7.11 Å². The van der Waals surface area contributed by atoms with Crippen LogP contribution >= 0.6 is 0 Å². The van der Waals surface area contributed by atoms with Gasteiger partial charge in [0.2, 0.25) is 0 Å². The van der Waals surface area contributed by atoms with Gasteiger partial charge in [-0.3, -0.25) is 10.1 Å². The number of nitro benzene ring substituents is 1. The zero-order valence-corrected chi connectivity index (χ0v) is 8.40. The van der Waals surface area contributed by atoms with Gasteiger partial charge in [-0.1, -0.05) is 26.0 Å². The summed E-state index contributed by atoms with van der Waals surface area (Å²) in [6.45, 7) is 3.67. The van der Waals surface area contributed by atoms with Gasteiger partial charge in [0.1, 0.15) is 0 Å². The van der Waals surface area contributed by atoms with Crippen molar-refractivity contribution in [3.8, 4) is 5.75 Å². The maximum Gasteiger partial charge on any atom is 0.314 e. The number of methoxy groups -OCH3 is 1. The van der Waals surface area contributed by atoms with E-state index in [-0.39, 0.29) is 5.69 Å². The SMILES string of the molecule is COc1cccc([C](C)C)c1[N+](=O)[O-]. The van der Waals surface area contributed by atoms with Gasteiger partial charge in [0.25, 0.3) is 0 Å². The van der Waals surface area contributed by atoms with Gasteiger partial charge >= 0.3 is 5.69 Å². The van der Waals surface area contributed by atoms with E-state index in [9.17, 15) is 10.1 Å². The van der Waals surface area contributed by atoms with Crippen molar-refractivity contribution in [3.63, 3.8) is 0 Å². The third-order valence-corrected chi connectivity index (χ3v) is 1.94. The first-order valence-electron chi connectivity index (χ1n) is 4.20. The van der Waals surface area contributed by atoms with Crippen LogP contribution < -0.4 is 4.74 Å². The fraction of sp³-hybridized carbons (Fsp3) is 0.300. The van der Waals surface area contributed by atoms with Crippen LogP contribution in [0, 0.1) is 16.0 Å². The second-order valence-corrected chi connectivity index (χ2v) is 3.11. The normalized spacial score (nSPS) is 10.3. The summed E-state index contributed by atoms with van der Waals surface area (Å²) >= 11 is 0. The minimum atomic E-state index is -0.416. The first-order valence-corrected chi connectivity index (χ1v) is 4.20. The number of nitrogens with zero attached hydrogens (tertiary/aromatic N) is 1. The summed E-state index contributed by atoms with van der Waals surface area (Å²) < 4.78 is 4.94. The minimum Gasteiger partial charge on any atom is -0.490 e. The summed E-state index contributed by atoms with van der Waals surface area (Å²) in [7, 11) is 1.43. The van der Waals surface area contributed by atoms with Crippen LogP contribution in [0.15, 0.2) is 18.2 Å². The number of nitro groups is 1. The van der Waals surface area contributed by atoms with Crippen molar-refractivity contribution in [2.75, 3.05) is 7.11 Å². The summed E-state index contributed by atoms with van der Waals surface area (Å²) in [5, 5.41) is 10.8. The quantitative estimate of drug-likeness (QED) is 0.548. The molecule has 1 aromatic rings. The van der Waals surface area contributed by atoms with Gasteiger partial charge in [-0.25, -0.2) is 0 Å². The Balaban J connectivity index is 3.35. The summed E-state index contributed by atoms with van der Waals surface area (Å²) in [5.41, 5.74) is 0.657. The lowest BCUT2D eigenvalue weighted by atomic mass is 10.0. The molecule has 0 heterocycles. The molecule has 0 atom stereocenters. The van der Waals surface area contributed by atoms with Crippen LogP contribution in [-0.4, -0.2) is 12.0 Å². The van der Waals surface area contributed by atoms with Gasteiger partial charge in [-0.2, -0.15) is 0 Å². The molecule has 1 aromatic carbocycles. The van der Waals surface area contributed by atoms with Crippen molar-refractivity contribution in [3.05, 3.63) is 39.8 Å². The summed E-state index contributed by atoms with van der Waals surface area (Å²) in [6, 6.07) is 5.05. The zero-order valence-electron chi connectivity index (χ0n) is 8.40. The second kappa shape index (κ2) is 4.09. The molecular weight excluding hydrogens is 182 g/mol. The Morgan fingerprint density at radius 3 is 2.50 bits per heavy atom. The van der Waals surface area contributed by atoms with Gasteiger partial charge < -0.3 is 4.74 Å². The first-order chi connectivity index (χ1) is 6.57. The zero-order chi connectivity index (χ0) is 10.7. The smallest absolute Gasteiger partial charge is 0.314 e. The lowest BCUT2D eigenvalue weighted by Crippen LogP contribution is -2.00. The highest BCUT2D eigenvalue weighted by Crippen LogP contribution is 2.34. The van der Waals surface area contributed by atoms with Gasteiger partial charge in [0.05, 0.1) is 12.0 Å². The number of ether oxygens (including phenoxy) is 1. The largest absolute Gasteiger partial charge is 0.490 e. The monoisotopic (exact) mass is 194 g/mol. The van der Waals surface area contributed by atoms with E-state index < -0.39 is 4.92 Å². The molecule has 0 aliphatic carbocycles. The fourth-order valence-corrected chi connectivity index (χ4v) is 1.28. The van der Waals surface area contributed by atoms with Crippen LogP contribution in [0.4, 0.5) is 5.69 Å². The Morgan fingerprint density at radius 2 is 2.07 bits per heavy atom. The maximum atomic E-state index is 10.8. The molecule has 14 heavy (non-hydrogen) atoms. The highest BCUT2D eigenvalue weighted by molar-refractivity contribution is 5.57. The predicted molar refractivity (Wildman–Crippen MR) is 53.3 cm³/mol. The highest BCUT2D eigenvalue weighted by atomic mass is 16.6. The number of hydrogen-bond acceptors (Lipinski definition) is 3. The summed E-state index contributed by atoms with van der Waals surface area (Å²) in [5.74, 6) is 1.20. The van der Waals surface area contributed by atoms with Gasteiger partial charge in [0, 0.05) is 11.5 Å². The topological polar surface area (TPSA) is 52.4 Å². The van der Waals surface area contributed by atoms with Crippen molar-refractivity contribution in [1.82, 2.24) is 0 Å². The first kappa shape index (κ1) is 10.5. The molecule has 1 radical (unpaired) electrons. The van der Waals surface area contributed by atoms with E-state index >= 15 is 0 Å². The van der Waals surface area contributed by atoms with Crippen LogP contribution in [0.1, 0.15) is 19.4 Å². The summed E-state index contributed by atoms with van der Waals surface area (Å²) in [6.07, 6.45) is 0. The highest BCUT2D eigenvalue weighted by Gasteiger charge is 2.21. The molecule has 4 nitrogen and oxygen atoms in total. The lowest BCUT2D eigenvalue weighted by Gasteiger charge is -2.08. The fourth-order valence-electron chi connectivity index (χ4n) is 1.28.